The zero-order chi connectivity index (χ0) is 17.6. The molecule has 126 valence electrons. The van der Waals surface area contributed by atoms with Crippen LogP contribution in [0.15, 0.2) is 46.1 Å². The van der Waals surface area contributed by atoms with Crippen LogP contribution in [0.2, 0.25) is 0 Å². The number of aromatic nitrogens is 1. The van der Waals surface area contributed by atoms with Crippen molar-refractivity contribution in [3.63, 3.8) is 0 Å². The van der Waals surface area contributed by atoms with E-state index in [0.717, 1.165) is 21.0 Å². The molecular weight excluding hydrogens is 372 g/mol. The maximum Gasteiger partial charge on any atom is 0.316 e. The van der Waals surface area contributed by atoms with Gasteiger partial charge in [-0.1, -0.05) is 23.9 Å². The van der Waals surface area contributed by atoms with E-state index in [9.17, 15) is 10.1 Å². The fourth-order valence-corrected chi connectivity index (χ4v) is 4.48. The number of rotatable bonds is 6. The molecule has 0 bridgehead atoms. The van der Waals surface area contributed by atoms with E-state index in [1.807, 2.05) is 41.1 Å². The number of esters is 1. The van der Waals surface area contributed by atoms with Crippen molar-refractivity contribution in [1.82, 2.24) is 4.98 Å². The molecule has 0 aliphatic carbocycles. The SMILES string of the molecule is CCOC(=O)CSc1nc(-c2cccs2)cc(-c2cccs2)c1C#N. The van der Waals surface area contributed by atoms with Gasteiger partial charge < -0.3 is 4.74 Å². The Morgan fingerprint density at radius 2 is 2.00 bits per heavy atom. The standard InChI is InChI=1S/C18H14N2O2S3/c1-2-22-17(21)11-25-18-13(10-19)12(15-5-3-7-23-15)9-14(20-18)16-6-4-8-24-16/h3-9H,2,11H2,1H3. The second-order valence-electron chi connectivity index (χ2n) is 4.90. The van der Waals surface area contributed by atoms with Gasteiger partial charge in [0.1, 0.15) is 11.1 Å². The van der Waals surface area contributed by atoms with Crippen LogP contribution in [0.1, 0.15) is 12.5 Å². The number of pyridine rings is 1. The zero-order valence-corrected chi connectivity index (χ0v) is 15.8. The largest absolute Gasteiger partial charge is 0.465 e. The summed E-state index contributed by atoms with van der Waals surface area (Å²) in [5, 5.41) is 14.2. The molecule has 0 amide bonds. The number of nitrogens with zero attached hydrogens (tertiary/aromatic N) is 2. The van der Waals surface area contributed by atoms with Gasteiger partial charge in [-0.2, -0.15) is 5.26 Å². The molecule has 0 fully saturated rings. The van der Waals surface area contributed by atoms with Gasteiger partial charge in [-0.3, -0.25) is 4.79 Å². The first-order valence-corrected chi connectivity index (χ1v) is 10.3. The maximum absolute atomic E-state index is 11.7. The third kappa shape index (κ3) is 4.10. The predicted molar refractivity (Wildman–Crippen MR) is 103 cm³/mol. The lowest BCUT2D eigenvalue weighted by Gasteiger charge is -2.10. The molecule has 0 aliphatic heterocycles. The van der Waals surface area contributed by atoms with Crippen molar-refractivity contribution in [2.75, 3.05) is 12.4 Å². The lowest BCUT2D eigenvalue weighted by molar-refractivity contribution is -0.139. The molecule has 3 aromatic rings. The molecule has 0 atom stereocenters. The molecule has 3 rings (SSSR count). The first kappa shape index (κ1) is 17.7. The fourth-order valence-electron chi connectivity index (χ4n) is 2.24. The topological polar surface area (TPSA) is 63.0 Å². The van der Waals surface area contributed by atoms with Crippen molar-refractivity contribution in [3.05, 3.63) is 46.7 Å². The molecule has 0 radical (unpaired) electrons. The minimum atomic E-state index is -0.308. The Kier molecular flexibility index (Phi) is 5.87. The summed E-state index contributed by atoms with van der Waals surface area (Å²) < 4.78 is 4.98. The van der Waals surface area contributed by atoms with Crippen molar-refractivity contribution < 1.29 is 9.53 Å². The van der Waals surface area contributed by atoms with Gasteiger partial charge in [-0.15, -0.1) is 22.7 Å². The number of nitriles is 1. The number of carbonyl (C=O) groups excluding carboxylic acids is 1. The van der Waals surface area contributed by atoms with Crippen LogP contribution in [-0.4, -0.2) is 23.3 Å². The van der Waals surface area contributed by atoms with Crippen LogP contribution in [0.3, 0.4) is 0 Å². The highest BCUT2D eigenvalue weighted by atomic mass is 32.2. The number of hydrogen-bond acceptors (Lipinski definition) is 7. The van der Waals surface area contributed by atoms with Gasteiger partial charge in [0.25, 0.3) is 0 Å². The maximum atomic E-state index is 11.7. The summed E-state index contributed by atoms with van der Waals surface area (Å²) in [6, 6.07) is 12.1. The second-order valence-corrected chi connectivity index (χ2v) is 7.75. The average Bonchev–Trinajstić information content (AvgIpc) is 3.32. The van der Waals surface area contributed by atoms with Gasteiger partial charge in [0.05, 0.1) is 28.5 Å². The van der Waals surface area contributed by atoms with E-state index in [-0.39, 0.29) is 11.7 Å². The van der Waals surface area contributed by atoms with E-state index in [4.69, 9.17) is 4.74 Å². The monoisotopic (exact) mass is 386 g/mol. The molecule has 4 nitrogen and oxygen atoms in total. The van der Waals surface area contributed by atoms with Crippen molar-refractivity contribution in [3.8, 4) is 27.1 Å². The third-order valence-electron chi connectivity index (χ3n) is 3.29. The van der Waals surface area contributed by atoms with Crippen LogP contribution < -0.4 is 0 Å². The minimum absolute atomic E-state index is 0.132. The predicted octanol–water partition coefficient (Wildman–Crippen LogP) is 5.07. The van der Waals surface area contributed by atoms with Crippen LogP contribution in [0, 0.1) is 11.3 Å². The minimum Gasteiger partial charge on any atom is -0.465 e. The summed E-state index contributed by atoms with van der Waals surface area (Å²) in [5.41, 5.74) is 2.16. The summed E-state index contributed by atoms with van der Waals surface area (Å²) in [4.78, 5) is 18.4. The van der Waals surface area contributed by atoms with Crippen LogP contribution >= 0.6 is 34.4 Å². The molecular formula is C18H14N2O2S3. The van der Waals surface area contributed by atoms with Gasteiger partial charge in [0.2, 0.25) is 0 Å². The molecule has 7 heteroatoms. The average molecular weight is 387 g/mol. The Bertz CT molecular complexity index is 897. The molecule has 0 saturated heterocycles. The van der Waals surface area contributed by atoms with Crippen LogP contribution in [0.4, 0.5) is 0 Å². The first-order chi connectivity index (χ1) is 12.2. The van der Waals surface area contributed by atoms with E-state index in [1.165, 1.54) is 11.8 Å². The highest BCUT2D eigenvalue weighted by Gasteiger charge is 2.18. The lowest BCUT2D eigenvalue weighted by Crippen LogP contribution is -2.07. The number of thiophene rings is 2. The summed E-state index contributed by atoms with van der Waals surface area (Å²) in [7, 11) is 0. The quantitative estimate of drug-likeness (QED) is 0.437. The second kappa shape index (κ2) is 8.30. The van der Waals surface area contributed by atoms with Crippen LogP contribution in [0.5, 0.6) is 0 Å². The van der Waals surface area contributed by atoms with Crippen molar-refractivity contribution in [1.29, 1.82) is 5.26 Å². The number of carbonyl (C=O) groups is 1. The Hall–Kier alpha value is -2.14. The van der Waals surface area contributed by atoms with Gasteiger partial charge in [0, 0.05) is 10.4 Å². The van der Waals surface area contributed by atoms with E-state index in [0.29, 0.717) is 17.2 Å². The van der Waals surface area contributed by atoms with Gasteiger partial charge >= 0.3 is 5.97 Å². The lowest BCUT2D eigenvalue weighted by atomic mass is 10.1. The molecule has 0 aliphatic rings. The van der Waals surface area contributed by atoms with E-state index < -0.39 is 0 Å². The van der Waals surface area contributed by atoms with Crippen molar-refractivity contribution >= 4 is 40.4 Å². The number of thioether (sulfide) groups is 1. The van der Waals surface area contributed by atoms with E-state index >= 15 is 0 Å². The molecule has 3 heterocycles. The van der Waals surface area contributed by atoms with Crippen molar-refractivity contribution in [2.45, 2.75) is 11.9 Å². The van der Waals surface area contributed by atoms with Gasteiger partial charge in [-0.05, 0) is 35.9 Å². The molecule has 3 aromatic heterocycles. The highest BCUT2D eigenvalue weighted by molar-refractivity contribution is 7.99. The molecule has 0 aromatic carbocycles. The van der Waals surface area contributed by atoms with Gasteiger partial charge in [-0.25, -0.2) is 4.98 Å². The molecule has 25 heavy (non-hydrogen) atoms. The Labute approximate surface area is 158 Å². The Balaban J connectivity index is 2.05. The Morgan fingerprint density at radius 1 is 1.28 bits per heavy atom. The molecule has 0 unspecified atom stereocenters. The molecule has 0 N–H and O–H groups in total. The normalized spacial score (nSPS) is 10.4. The molecule has 0 spiro atoms. The van der Waals surface area contributed by atoms with Crippen LogP contribution in [-0.2, 0) is 9.53 Å². The zero-order valence-electron chi connectivity index (χ0n) is 13.4. The summed E-state index contributed by atoms with van der Waals surface area (Å²) in [6.45, 7) is 2.11. The van der Waals surface area contributed by atoms with Crippen LogP contribution in [0.25, 0.3) is 21.0 Å². The summed E-state index contributed by atoms with van der Waals surface area (Å²) >= 11 is 4.41. The smallest absolute Gasteiger partial charge is 0.316 e. The number of ether oxygens (including phenoxy) is 1. The van der Waals surface area contributed by atoms with E-state index in [2.05, 4.69) is 11.1 Å². The fraction of sp³-hybridized carbons (Fsp3) is 0.167. The summed E-state index contributed by atoms with van der Waals surface area (Å²) in [6.07, 6.45) is 0. The first-order valence-electron chi connectivity index (χ1n) is 7.54. The molecule has 0 saturated carbocycles. The number of hydrogen-bond donors (Lipinski definition) is 0. The van der Waals surface area contributed by atoms with Crippen molar-refractivity contribution in [2.24, 2.45) is 0 Å². The highest BCUT2D eigenvalue weighted by Crippen LogP contribution is 2.37. The Morgan fingerprint density at radius 3 is 2.60 bits per heavy atom. The third-order valence-corrected chi connectivity index (χ3v) is 6.03. The van der Waals surface area contributed by atoms with E-state index in [1.54, 1.807) is 29.6 Å². The summed E-state index contributed by atoms with van der Waals surface area (Å²) in [5.74, 6) is -0.176. The van der Waals surface area contributed by atoms with Gasteiger partial charge in [0.15, 0.2) is 0 Å².